The van der Waals surface area contributed by atoms with Crippen molar-refractivity contribution in [1.29, 1.82) is 0 Å². The molecule has 1 aliphatic rings. The summed E-state index contributed by atoms with van der Waals surface area (Å²) in [5, 5.41) is 2.98. The van der Waals surface area contributed by atoms with Crippen molar-refractivity contribution >= 4 is 23.4 Å². The van der Waals surface area contributed by atoms with E-state index in [-0.39, 0.29) is 5.91 Å². The summed E-state index contributed by atoms with van der Waals surface area (Å²) in [5.41, 5.74) is 3.53. The van der Waals surface area contributed by atoms with Gasteiger partial charge in [0.15, 0.2) is 0 Å². The zero-order valence-corrected chi connectivity index (χ0v) is 16.7. The van der Waals surface area contributed by atoms with E-state index in [9.17, 15) is 4.79 Å². The largest absolute Gasteiger partial charge is 0.353 e. The Balaban J connectivity index is 1.38. The van der Waals surface area contributed by atoms with E-state index in [1.165, 1.54) is 0 Å². The van der Waals surface area contributed by atoms with Gasteiger partial charge in [-0.2, -0.15) is 0 Å². The Labute approximate surface area is 170 Å². The third-order valence-electron chi connectivity index (χ3n) is 5.09. The molecule has 1 aromatic carbocycles. The van der Waals surface area contributed by atoms with Crippen LogP contribution < -0.4 is 15.1 Å². The summed E-state index contributed by atoms with van der Waals surface area (Å²) in [5.74, 6) is 1.49. The fraction of sp³-hybridized carbons (Fsp3) is 0.273. The van der Waals surface area contributed by atoms with Crippen LogP contribution in [-0.4, -0.2) is 47.0 Å². The molecule has 3 aromatic rings. The van der Waals surface area contributed by atoms with E-state index in [2.05, 4.69) is 30.1 Å². The smallest absolute Gasteiger partial charge is 0.257 e. The van der Waals surface area contributed by atoms with Gasteiger partial charge in [0.1, 0.15) is 5.82 Å². The number of hydrogen-bond donors (Lipinski definition) is 1. The van der Waals surface area contributed by atoms with E-state index < -0.39 is 0 Å². The van der Waals surface area contributed by atoms with Gasteiger partial charge in [-0.15, -0.1) is 0 Å². The van der Waals surface area contributed by atoms with Crippen LogP contribution in [0.1, 0.15) is 21.5 Å². The predicted molar refractivity (Wildman–Crippen MR) is 115 cm³/mol. The van der Waals surface area contributed by atoms with E-state index >= 15 is 0 Å². The zero-order chi connectivity index (χ0) is 20.2. The number of aromatic nitrogens is 3. The maximum Gasteiger partial charge on any atom is 0.257 e. The van der Waals surface area contributed by atoms with E-state index in [1.807, 2.05) is 50.2 Å². The molecular formula is C22H24N6O. The average Bonchev–Trinajstić information content (AvgIpc) is 2.77. The molecule has 0 radical (unpaired) electrons. The number of rotatable bonds is 4. The highest BCUT2D eigenvalue weighted by molar-refractivity contribution is 6.04. The minimum atomic E-state index is -0.149. The molecule has 0 atom stereocenters. The Bertz CT molecular complexity index is 982. The molecule has 29 heavy (non-hydrogen) atoms. The summed E-state index contributed by atoms with van der Waals surface area (Å²) in [4.78, 5) is 30.1. The highest BCUT2D eigenvalue weighted by Gasteiger charge is 2.20. The van der Waals surface area contributed by atoms with Crippen LogP contribution in [0.4, 0.5) is 17.5 Å². The van der Waals surface area contributed by atoms with Crippen LogP contribution in [0.25, 0.3) is 0 Å². The van der Waals surface area contributed by atoms with E-state index in [1.54, 1.807) is 18.6 Å². The number of nitrogens with one attached hydrogen (secondary N) is 1. The number of aryl methyl sites for hydroxylation is 2. The van der Waals surface area contributed by atoms with Crippen molar-refractivity contribution in [2.45, 2.75) is 13.8 Å². The molecule has 0 spiro atoms. The number of nitrogens with zero attached hydrogens (tertiary/aromatic N) is 5. The number of benzene rings is 1. The summed E-state index contributed by atoms with van der Waals surface area (Å²) in [6.07, 6.45) is 5.17. The number of carbonyl (C=O) groups excluding carboxylic acids is 1. The van der Waals surface area contributed by atoms with Gasteiger partial charge in [0.25, 0.3) is 5.91 Å². The normalized spacial score (nSPS) is 14.0. The van der Waals surface area contributed by atoms with Gasteiger partial charge in [-0.25, -0.2) is 15.0 Å². The number of carbonyl (C=O) groups is 1. The molecule has 0 unspecified atom stereocenters. The summed E-state index contributed by atoms with van der Waals surface area (Å²) in [6, 6.07) is 11.6. The summed E-state index contributed by atoms with van der Waals surface area (Å²) in [7, 11) is 0. The first kappa shape index (κ1) is 18.9. The number of anilines is 3. The minimum absolute atomic E-state index is 0.149. The summed E-state index contributed by atoms with van der Waals surface area (Å²) >= 11 is 0. The SMILES string of the molecule is Cc1ccc(C)c(NC(=O)c2ccc(N3CCN(c4ncccn4)CC3)nc2)c1. The third-order valence-corrected chi connectivity index (χ3v) is 5.09. The van der Waals surface area contributed by atoms with Crippen molar-refractivity contribution in [2.75, 3.05) is 41.3 Å². The first-order chi connectivity index (χ1) is 14.1. The van der Waals surface area contributed by atoms with Gasteiger partial charge in [-0.3, -0.25) is 4.79 Å². The van der Waals surface area contributed by atoms with E-state index in [0.717, 1.165) is 54.8 Å². The lowest BCUT2D eigenvalue weighted by Crippen LogP contribution is -2.47. The molecule has 0 aliphatic carbocycles. The third kappa shape index (κ3) is 4.34. The first-order valence-electron chi connectivity index (χ1n) is 9.72. The van der Waals surface area contributed by atoms with Gasteiger partial charge in [0.2, 0.25) is 5.95 Å². The van der Waals surface area contributed by atoms with Gasteiger partial charge in [0, 0.05) is 50.5 Å². The highest BCUT2D eigenvalue weighted by atomic mass is 16.1. The van der Waals surface area contributed by atoms with E-state index in [4.69, 9.17) is 0 Å². The van der Waals surface area contributed by atoms with Crippen LogP contribution >= 0.6 is 0 Å². The molecule has 1 aliphatic heterocycles. The molecule has 1 saturated heterocycles. The van der Waals surface area contributed by atoms with Gasteiger partial charge in [0.05, 0.1) is 5.56 Å². The molecule has 1 amide bonds. The average molecular weight is 388 g/mol. The van der Waals surface area contributed by atoms with Crippen molar-refractivity contribution in [3.63, 3.8) is 0 Å². The quantitative estimate of drug-likeness (QED) is 0.740. The standard InChI is InChI=1S/C22H24N6O/c1-16-4-5-17(2)19(14-16)26-21(29)18-6-7-20(25-15-18)27-10-12-28(13-11-27)22-23-8-3-9-24-22/h3-9,14-15H,10-13H2,1-2H3,(H,26,29). The molecule has 1 fully saturated rings. The number of pyridine rings is 1. The second kappa shape index (κ2) is 8.26. The lowest BCUT2D eigenvalue weighted by atomic mass is 10.1. The first-order valence-corrected chi connectivity index (χ1v) is 9.72. The Kier molecular flexibility index (Phi) is 5.37. The van der Waals surface area contributed by atoms with Gasteiger partial charge < -0.3 is 15.1 Å². The molecule has 1 N–H and O–H groups in total. The summed E-state index contributed by atoms with van der Waals surface area (Å²) in [6.45, 7) is 7.32. The Morgan fingerprint density at radius 1 is 0.931 bits per heavy atom. The Hall–Kier alpha value is -3.48. The number of piperazine rings is 1. The molecule has 0 saturated carbocycles. The van der Waals surface area contributed by atoms with Crippen LogP contribution in [-0.2, 0) is 0 Å². The monoisotopic (exact) mass is 388 g/mol. The molecule has 7 nitrogen and oxygen atoms in total. The lowest BCUT2D eigenvalue weighted by molar-refractivity contribution is 0.102. The van der Waals surface area contributed by atoms with Gasteiger partial charge >= 0.3 is 0 Å². The van der Waals surface area contributed by atoms with E-state index in [0.29, 0.717) is 5.56 Å². The maximum absolute atomic E-state index is 12.6. The summed E-state index contributed by atoms with van der Waals surface area (Å²) < 4.78 is 0. The van der Waals surface area contributed by atoms with Crippen LogP contribution in [0.15, 0.2) is 55.0 Å². The predicted octanol–water partition coefficient (Wildman–Crippen LogP) is 3.07. The lowest BCUT2D eigenvalue weighted by Gasteiger charge is -2.35. The van der Waals surface area contributed by atoms with Crippen LogP contribution in [0.2, 0.25) is 0 Å². The maximum atomic E-state index is 12.6. The fourth-order valence-electron chi connectivity index (χ4n) is 3.36. The molecular weight excluding hydrogens is 364 g/mol. The van der Waals surface area contributed by atoms with Gasteiger partial charge in [-0.05, 0) is 49.2 Å². The van der Waals surface area contributed by atoms with Crippen LogP contribution in [0.5, 0.6) is 0 Å². The second-order valence-electron chi connectivity index (χ2n) is 7.20. The van der Waals surface area contributed by atoms with Crippen molar-refractivity contribution in [3.05, 3.63) is 71.7 Å². The molecule has 3 heterocycles. The van der Waals surface area contributed by atoms with Crippen LogP contribution in [0.3, 0.4) is 0 Å². The van der Waals surface area contributed by atoms with Gasteiger partial charge in [-0.1, -0.05) is 12.1 Å². The second-order valence-corrected chi connectivity index (χ2v) is 7.20. The molecule has 7 heteroatoms. The van der Waals surface area contributed by atoms with Crippen molar-refractivity contribution in [3.8, 4) is 0 Å². The van der Waals surface area contributed by atoms with Crippen molar-refractivity contribution < 1.29 is 4.79 Å². The minimum Gasteiger partial charge on any atom is -0.353 e. The highest BCUT2D eigenvalue weighted by Crippen LogP contribution is 2.19. The Morgan fingerprint density at radius 2 is 1.66 bits per heavy atom. The van der Waals surface area contributed by atoms with Crippen molar-refractivity contribution in [1.82, 2.24) is 15.0 Å². The molecule has 148 valence electrons. The zero-order valence-electron chi connectivity index (χ0n) is 16.7. The Morgan fingerprint density at radius 3 is 2.34 bits per heavy atom. The fourth-order valence-corrected chi connectivity index (χ4v) is 3.36. The van der Waals surface area contributed by atoms with Crippen LogP contribution in [0, 0.1) is 13.8 Å². The van der Waals surface area contributed by atoms with Crippen molar-refractivity contribution in [2.24, 2.45) is 0 Å². The number of amides is 1. The number of hydrogen-bond acceptors (Lipinski definition) is 6. The topological polar surface area (TPSA) is 74.2 Å². The molecule has 2 aromatic heterocycles. The molecule has 4 rings (SSSR count). The molecule has 0 bridgehead atoms.